The molecule has 4 rings (SSSR count). The van der Waals surface area contributed by atoms with Crippen LogP contribution in [0.1, 0.15) is 40.6 Å². The number of methoxy groups -OCH3 is 1. The van der Waals surface area contributed by atoms with Crippen molar-refractivity contribution in [1.29, 1.82) is 0 Å². The van der Waals surface area contributed by atoms with E-state index in [4.69, 9.17) is 4.74 Å². The Morgan fingerprint density at radius 3 is 2.85 bits per heavy atom. The molecule has 9 heteroatoms. The molecule has 0 spiro atoms. The number of thiophene rings is 1. The van der Waals surface area contributed by atoms with Crippen molar-refractivity contribution in [3.8, 4) is 5.75 Å². The first-order chi connectivity index (χ1) is 15.9. The minimum atomic E-state index is -0.295. The number of hydrogen-bond donors (Lipinski definition) is 1. The number of amides is 2. The zero-order chi connectivity index (χ0) is 23.5. The number of benzene rings is 1. The van der Waals surface area contributed by atoms with Gasteiger partial charge in [-0.3, -0.25) is 19.0 Å². The first kappa shape index (κ1) is 23.0. The van der Waals surface area contributed by atoms with Gasteiger partial charge in [-0.2, -0.15) is 0 Å². The minimum absolute atomic E-state index is 0.0425. The summed E-state index contributed by atoms with van der Waals surface area (Å²) in [5, 5.41) is 3.29. The number of likely N-dealkylation sites (tertiary alicyclic amines) is 1. The van der Waals surface area contributed by atoms with Gasteiger partial charge in [0.1, 0.15) is 17.1 Å². The van der Waals surface area contributed by atoms with Crippen molar-refractivity contribution in [2.75, 3.05) is 20.2 Å². The van der Waals surface area contributed by atoms with Gasteiger partial charge in [0, 0.05) is 25.2 Å². The molecule has 3 aromatic rings. The van der Waals surface area contributed by atoms with Crippen molar-refractivity contribution in [2.24, 2.45) is 5.92 Å². The van der Waals surface area contributed by atoms with Crippen molar-refractivity contribution < 1.29 is 14.3 Å². The molecule has 8 nitrogen and oxygen atoms in total. The normalized spacial score (nSPS) is 16.1. The molecule has 1 aromatic carbocycles. The van der Waals surface area contributed by atoms with Gasteiger partial charge in [0.2, 0.25) is 5.91 Å². The van der Waals surface area contributed by atoms with Crippen LogP contribution in [0, 0.1) is 12.8 Å². The molecule has 1 atom stereocenters. The van der Waals surface area contributed by atoms with Gasteiger partial charge >= 0.3 is 0 Å². The fourth-order valence-corrected chi connectivity index (χ4v) is 5.31. The molecule has 174 valence electrons. The van der Waals surface area contributed by atoms with Crippen molar-refractivity contribution in [1.82, 2.24) is 19.8 Å². The van der Waals surface area contributed by atoms with E-state index < -0.39 is 0 Å². The van der Waals surface area contributed by atoms with Crippen molar-refractivity contribution in [3.05, 3.63) is 57.0 Å². The number of rotatable bonds is 6. The second kappa shape index (κ2) is 9.74. The summed E-state index contributed by atoms with van der Waals surface area (Å²) in [7, 11) is 1.59. The summed E-state index contributed by atoms with van der Waals surface area (Å²) >= 11 is 1.18. The molecule has 0 saturated carbocycles. The minimum Gasteiger partial charge on any atom is -0.496 e. The van der Waals surface area contributed by atoms with E-state index in [1.54, 1.807) is 14.0 Å². The fraction of sp³-hybridized carbons (Fsp3) is 0.417. The van der Waals surface area contributed by atoms with E-state index in [0.29, 0.717) is 38.9 Å². The summed E-state index contributed by atoms with van der Waals surface area (Å²) < 4.78 is 6.68. The number of para-hydroxylation sites is 1. The Labute approximate surface area is 196 Å². The van der Waals surface area contributed by atoms with E-state index >= 15 is 0 Å². The van der Waals surface area contributed by atoms with Gasteiger partial charge in [-0.25, -0.2) is 4.98 Å². The lowest BCUT2D eigenvalue weighted by Gasteiger charge is -2.31. The SMILES string of the molecule is COc1ccccc1CNC(=O)c1sc2ncn(CC(=O)N3CCCC(C)C3)c(=O)c2c1C. The largest absolute Gasteiger partial charge is 0.496 e. The second-order valence-corrected chi connectivity index (χ2v) is 9.49. The third-order valence-corrected chi connectivity index (χ3v) is 7.27. The molecule has 1 aliphatic heterocycles. The maximum absolute atomic E-state index is 13.1. The summed E-state index contributed by atoms with van der Waals surface area (Å²) in [6.07, 6.45) is 3.51. The van der Waals surface area contributed by atoms with Crippen LogP contribution in [0.25, 0.3) is 10.2 Å². The number of carbonyl (C=O) groups excluding carboxylic acids is 2. The third-order valence-electron chi connectivity index (χ3n) is 6.07. The van der Waals surface area contributed by atoms with Crippen LogP contribution in [0.4, 0.5) is 0 Å². The van der Waals surface area contributed by atoms with E-state index in [1.807, 2.05) is 29.2 Å². The summed E-state index contributed by atoms with van der Waals surface area (Å²) in [5.74, 6) is 0.817. The van der Waals surface area contributed by atoms with E-state index in [1.165, 1.54) is 22.2 Å². The number of hydrogen-bond acceptors (Lipinski definition) is 6. The molecule has 0 aliphatic carbocycles. The fourth-order valence-electron chi connectivity index (χ4n) is 4.25. The Bertz CT molecular complexity index is 1250. The Morgan fingerprint density at radius 1 is 1.30 bits per heavy atom. The van der Waals surface area contributed by atoms with Gasteiger partial charge in [-0.05, 0) is 37.3 Å². The summed E-state index contributed by atoms with van der Waals surface area (Å²) in [6, 6.07) is 7.47. The molecule has 2 aromatic heterocycles. The molecule has 1 fully saturated rings. The maximum atomic E-state index is 13.1. The molecule has 1 saturated heterocycles. The Kier molecular flexibility index (Phi) is 6.78. The Morgan fingerprint density at radius 2 is 2.09 bits per heavy atom. The smallest absolute Gasteiger partial charge is 0.262 e. The Hall–Kier alpha value is -3.20. The number of piperidine rings is 1. The van der Waals surface area contributed by atoms with Gasteiger partial charge in [-0.1, -0.05) is 25.1 Å². The van der Waals surface area contributed by atoms with Crippen molar-refractivity contribution in [2.45, 2.75) is 39.8 Å². The first-order valence-electron chi connectivity index (χ1n) is 11.1. The van der Waals surface area contributed by atoms with E-state index in [2.05, 4.69) is 17.2 Å². The summed E-state index contributed by atoms with van der Waals surface area (Å²) in [4.78, 5) is 45.9. The molecule has 3 heterocycles. The highest BCUT2D eigenvalue weighted by Gasteiger charge is 2.23. The van der Waals surface area contributed by atoms with Crippen molar-refractivity contribution in [3.63, 3.8) is 0 Å². The molecule has 0 radical (unpaired) electrons. The Balaban J connectivity index is 1.53. The highest BCUT2D eigenvalue weighted by molar-refractivity contribution is 7.20. The van der Waals surface area contributed by atoms with Crippen LogP contribution in [-0.4, -0.2) is 46.5 Å². The molecular weight excluding hydrogens is 440 g/mol. The van der Waals surface area contributed by atoms with Gasteiger partial charge in [0.05, 0.1) is 23.7 Å². The number of aryl methyl sites for hydroxylation is 1. The number of aromatic nitrogens is 2. The summed E-state index contributed by atoms with van der Waals surface area (Å²) in [5.41, 5.74) is 1.15. The number of carbonyl (C=O) groups is 2. The van der Waals surface area contributed by atoms with Crippen LogP contribution in [0.5, 0.6) is 5.75 Å². The average molecular weight is 469 g/mol. The topological polar surface area (TPSA) is 93.5 Å². The molecule has 1 unspecified atom stereocenters. The van der Waals surface area contributed by atoms with Gasteiger partial charge in [-0.15, -0.1) is 11.3 Å². The number of fused-ring (bicyclic) bond motifs is 1. The van der Waals surface area contributed by atoms with Gasteiger partial charge < -0.3 is 15.0 Å². The van der Waals surface area contributed by atoms with Crippen LogP contribution in [0.3, 0.4) is 0 Å². The highest BCUT2D eigenvalue weighted by Crippen LogP contribution is 2.27. The number of ether oxygens (including phenoxy) is 1. The van der Waals surface area contributed by atoms with Crippen LogP contribution in [-0.2, 0) is 17.9 Å². The van der Waals surface area contributed by atoms with E-state index in [9.17, 15) is 14.4 Å². The zero-order valence-corrected chi connectivity index (χ0v) is 19.9. The van der Waals surface area contributed by atoms with E-state index in [0.717, 1.165) is 31.5 Å². The van der Waals surface area contributed by atoms with Crippen LogP contribution in [0.15, 0.2) is 35.4 Å². The molecular formula is C24H28N4O4S. The van der Waals surface area contributed by atoms with Crippen molar-refractivity contribution >= 4 is 33.4 Å². The lowest BCUT2D eigenvalue weighted by molar-refractivity contribution is -0.133. The number of nitrogens with zero attached hydrogens (tertiary/aromatic N) is 3. The molecule has 1 aliphatic rings. The molecule has 1 N–H and O–H groups in total. The maximum Gasteiger partial charge on any atom is 0.262 e. The first-order valence-corrected chi connectivity index (χ1v) is 11.9. The van der Waals surface area contributed by atoms with Gasteiger partial charge in [0.15, 0.2) is 0 Å². The second-order valence-electron chi connectivity index (χ2n) is 8.50. The van der Waals surface area contributed by atoms with Crippen LogP contribution in [0.2, 0.25) is 0 Å². The molecule has 2 amide bonds. The lowest BCUT2D eigenvalue weighted by atomic mass is 10.0. The van der Waals surface area contributed by atoms with Gasteiger partial charge in [0.25, 0.3) is 11.5 Å². The highest BCUT2D eigenvalue weighted by atomic mass is 32.1. The standard InChI is InChI=1S/C24H28N4O4S/c1-15-7-6-10-27(12-15)19(29)13-28-14-26-23-20(24(28)31)16(2)21(33-23)22(30)25-11-17-8-4-5-9-18(17)32-3/h4-5,8-9,14-15H,6-7,10-13H2,1-3H3,(H,25,30). The quantitative estimate of drug-likeness (QED) is 0.600. The molecule has 33 heavy (non-hydrogen) atoms. The predicted octanol–water partition coefficient (Wildman–Crippen LogP) is 2.96. The van der Waals surface area contributed by atoms with Crippen LogP contribution < -0.4 is 15.6 Å². The average Bonchev–Trinajstić information content (AvgIpc) is 3.16. The van der Waals surface area contributed by atoms with Crippen LogP contribution >= 0.6 is 11.3 Å². The number of nitrogens with one attached hydrogen (secondary N) is 1. The molecule has 0 bridgehead atoms. The lowest BCUT2D eigenvalue weighted by Crippen LogP contribution is -2.42. The zero-order valence-electron chi connectivity index (χ0n) is 19.1. The summed E-state index contributed by atoms with van der Waals surface area (Å²) in [6.45, 7) is 5.59. The predicted molar refractivity (Wildman–Crippen MR) is 128 cm³/mol. The van der Waals surface area contributed by atoms with E-state index in [-0.39, 0.29) is 23.9 Å². The third kappa shape index (κ3) is 4.78. The monoisotopic (exact) mass is 468 g/mol.